The molecule has 3 amide bonds. The number of amides is 3. The van der Waals surface area contributed by atoms with Crippen LogP contribution in [-0.2, 0) is 4.79 Å². The summed E-state index contributed by atoms with van der Waals surface area (Å²) in [7, 11) is 0. The largest absolute Gasteiger partial charge is 0.324 e. The van der Waals surface area contributed by atoms with E-state index in [0.29, 0.717) is 0 Å². The predicted octanol–water partition coefficient (Wildman–Crippen LogP) is -0.160. The van der Waals surface area contributed by atoms with Crippen molar-refractivity contribution in [3.05, 3.63) is 0 Å². The molecule has 1 aliphatic heterocycles. The molecule has 2 fully saturated rings. The van der Waals surface area contributed by atoms with E-state index < -0.39 is 11.8 Å². The number of nitriles is 1. The van der Waals surface area contributed by atoms with Gasteiger partial charge in [0.25, 0.3) is 0 Å². The molecule has 1 saturated heterocycles. The van der Waals surface area contributed by atoms with Crippen LogP contribution in [-0.4, -0.2) is 29.4 Å². The van der Waals surface area contributed by atoms with Crippen molar-refractivity contribution in [3.63, 3.8) is 0 Å². The van der Waals surface area contributed by atoms with Gasteiger partial charge in [0.2, 0.25) is 5.91 Å². The van der Waals surface area contributed by atoms with E-state index in [1.54, 1.807) is 4.90 Å². The van der Waals surface area contributed by atoms with Gasteiger partial charge >= 0.3 is 6.03 Å². The minimum Gasteiger partial charge on any atom is -0.320 e. The van der Waals surface area contributed by atoms with E-state index in [-0.39, 0.29) is 18.6 Å². The fourth-order valence-corrected chi connectivity index (χ4v) is 1.43. The molecule has 0 aromatic rings. The van der Waals surface area contributed by atoms with Gasteiger partial charge in [-0.25, -0.2) is 4.79 Å². The Balaban J connectivity index is 2.10. The van der Waals surface area contributed by atoms with E-state index >= 15 is 0 Å². The van der Waals surface area contributed by atoms with Gasteiger partial charge in [-0.1, -0.05) is 0 Å². The number of nitrogens with one attached hydrogen (secondary N) is 1. The topological polar surface area (TPSA) is 73.2 Å². The van der Waals surface area contributed by atoms with Gasteiger partial charge in [0.15, 0.2) is 0 Å². The van der Waals surface area contributed by atoms with Gasteiger partial charge in [0, 0.05) is 12.6 Å². The van der Waals surface area contributed by atoms with Crippen molar-refractivity contribution in [2.24, 2.45) is 5.92 Å². The molecule has 13 heavy (non-hydrogen) atoms. The molecule has 1 heterocycles. The van der Waals surface area contributed by atoms with Crippen molar-refractivity contribution in [2.45, 2.75) is 18.9 Å². The minimum absolute atomic E-state index is 0.254. The lowest BCUT2D eigenvalue weighted by Gasteiger charge is -2.28. The van der Waals surface area contributed by atoms with Gasteiger partial charge in [-0.3, -0.25) is 10.1 Å². The molecule has 0 aromatic heterocycles. The highest BCUT2D eigenvalue weighted by Crippen LogP contribution is 2.28. The van der Waals surface area contributed by atoms with Crippen LogP contribution in [0.5, 0.6) is 0 Å². The van der Waals surface area contributed by atoms with Gasteiger partial charge in [0.1, 0.15) is 5.92 Å². The van der Waals surface area contributed by atoms with E-state index in [1.165, 1.54) is 0 Å². The Morgan fingerprint density at radius 1 is 1.46 bits per heavy atom. The third-order valence-electron chi connectivity index (χ3n) is 2.33. The summed E-state index contributed by atoms with van der Waals surface area (Å²) in [5.41, 5.74) is 0. The first-order chi connectivity index (χ1) is 6.22. The minimum atomic E-state index is -0.696. The number of carbonyl (C=O) groups is 2. The van der Waals surface area contributed by atoms with Crippen LogP contribution in [0.15, 0.2) is 0 Å². The fraction of sp³-hybridized carbons (Fsp3) is 0.625. The maximum absolute atomic E-state index is 11.2. The summed E-state index contributed by atoms with van der Waals surface area (Å²) in [4.78, 5) is 23.9. The fourth-order valence-electron chi connectivity index (χ4n) is 1.43. The van der Waals surface area contributed by atoms with E-state index in [0.717, 1.165) is 12.8 Å². The Hall–Kier alpha value is -1.57. The number of rotatable bonds is 1. The van der Waals surface area contributed by atoms with Crippen LogP contribution in [0.3, 0.4) is 0 Å². The molecule has 5 heteroatoms. The smallest absolute Gasteiger partial charge is 0.320 e. The zero-order valence-corrected chi connectivity index (χ0v) is 6.99. The first-order valence-electron chi connectivity index (χ1n) is 4.23. The molecule has 0 bridgehead atoms. The number of nitrogens with zero attached hydrogens (tertiary/aromatic N) is 2. The van der Waals surface area contributed by atoms with Gasteiger partial charge < -0.3 is 4.90 Å². The highest BCUT2D eigenvalue weighted by molar-refractivity contribution is 5.99. The Kier molecular flexibility index (Phi) is 1.69. The first-order valence-corrected chi connectivity index (χ1v) is 4.23. The van der Waals surface area contributed by atoms with Gasteiger partial charge in [-0.2, -0.15) is 5.26 Å². The summed E-state index contributed by atoms with van der Waals surface area (Å²) in [6.07, 6.45) is 1.97. The average molecular weight is 179 g/mol. The quantitative estimate of drug-likeness (QED) is 0.607. The van der Waals surface area contributed by atoms with Gasteiger partial charge in [0.05, 0.1) is 6.07 Å². The highest BCUT2D eigenvalue weighted by atomic mass is 16.2. The Bertz CT molecular complexity index is 303. The molecule has 0 spiro atoms. The van der Waals surface area contributed by atoms with Crippen LogP contribution in [0.4, 0.5) is 4.79 Å². The Labute approximate surface area is 75.3 Å². The number of hydrogen-bond donors (Lipinski definition) is 1. The number of carbonyl (C=O) groups excluding carboxylic acids is 2. The van der Waals surface area contributed by atoms with Crippen molar-refractivity contribution >= 4 is 11.9 Å². The molecule has 5 nitrogen and oxygen atoms in total. The maximum Gasteiger partial charge on any atom is 0.324 e. The van der Waals surface area contributed by atoms with Crippen molar-refractivity contribution < 1.29 is 9.59 Å². The molecule has 1 atom stereocenters. The highest BCUT2D eigenvalue weighted by Gasteiger charge is 2.40. The van der Waals surface area contributed by atoms with Crippen molar-refractivity contribution in [2.75, 3.05) is 6.54 Å². The van der Waals surface area contributed by atoms with Gasteiger partial charge in [-0.15, -0.1) is 0 Å². The van der Waals surface area contributed by atoms with Crippen LogP contribution in [0, 0.1) is 17.2 Å². The second-order valence-electron chi connectivity index (χ2n) is 3.36. The van der Waals surface area contributed by atoms with E-state index in [9.17, 15) is 9.59 Å². The third-order valence-corrected chi connectivity index (χ3v) is 2.33. The summed E-state index contributed by atoms with van der Waals surface area (Å²) < 4.78 is 0. The maximum atomic E-state index is 11.2. The molecule has 2 aliphatic rings. The lowest BCUT2D eigenvalue weighted by Crippen LogP contribution is -2.54. The predicted molar refractivity (Wildman–Crippen MR) is 42.4 cm³/mol. The van der Waals surface area contributed by atoms with Crippen LogP contribution in [0.2, 0.25) is 0 Å². The third kappa shape index (κ3) is 1.35. The van der Waals surface area contributed by atoms with Crippen molar-refractivity contribution in [1.82, 2.24) is 10.2 Å². The molecule has 1 unspecified atom stereocenters. The summed E-state index contributed by atoms with van der Waals surface area (Å²) in [6, 6.07) is 1.79. The molecular weight excluding hydrogens is 170 g/mol. The second kappa shape index (κ2) is 2.73. The lowest BCUT2D eigenvalue weighted by atomic mass is 10.1. The van der Waals surface area contributed by atoms with E-state index in [4.69, 9.17) is 5.26 Å². The molecule has 1 saturated carbocycles. The molecule has 1 N–H and O–H groups in total. The van der Waals surface area contributed by atoms with Gasteiger partial charge in [-0.05, 0) is 12.8 Å². The normalized spacial score (nSPS) is 28.2. The summed E-state index contributed by atoms with van der Waals surface area (Å²) in [5.74, 6) is -1.16. The Morgan fingerprint density at radius 3 is 2.69 bits per heavy atom. The molecule has 68 valence electrons. The lowest BCUT2D eigenvalue weighted by molar-refractivity contribution is -0.124. The average Bonchev–Trinajstić information content (AvgIpc) is 2.88. The molecule has 0 aromatic carbocycles. The summed E-state index contributed by atoms with van der Waals surface area (Å²) >= 11 is 0. The first kappa shape index (κ1) is 8.05. The molecule has 2 rings (SSSR count). The van der Waals surface area contributed by atoms with Crippen molar-refractivity contribution in [3.8, 4) is 6.07 Å². The SMILES string of the molecule is N#CC1CN(C2CC2)C(=O)NC1=O. The molecule has 0 radical (unpaired) electrons. The standard InChI is InChI=1S/C8H9N3O2/c9-3-5-4-11(6-1-2-6)8(13)10-7(5)12/h5-6H,1-2,4H2,(H,10,12,13). The van der Waals surface area contributed by atoms with Crippen LogP contribution in [0.1, 0.15) is 12.8 Å². The summed E-state index contributed by atoms with van der Waals surface area (Å²) in [5, 5.41) is 10.8. The zero-order valence-electron chi connectivity index (χ0n) is 6.99. The number of hydrogen-bond acceptors (Lipinski definition) is 3. The monoisotopic (exact) mass is 179 g/mol. The molecular formula is C8H9N3O2. The number of imide groups is 1. The van der Waals surface area contributed by atoms with Crippen LogP contribution < -0.4 is 5.32 Å². The second-order valence-corrected chi connectivity index (χ2v) is 3.36. The molecule has 1 aliphatic carbocycles. The van der Waals surface area contributed by atoms with E-state index in [2.05, 4.69) is 5.32 Å². The van der Waals surface area contributed by atoms with Crippen LogP contribution >= 0.6 is 0 Å². The summed E-state index contributed by atoms with van der Waals surface area (Å²) in [6.45, 7) is 0.256. The van der Waals surface area contributed by atoms with Crippen LogP contribution in [0.25, 0.3) is 0 Å². The van der Waals surface area contributed by atoms with E-state index in [1.807, 2.05) is 6.07 Å². The number of urea groups is 1. The zero-order chi connectivity index (χ0) is 9.42. The van der Waals surface area contributed by atoms with Crippen molar-refractivity contribution in [1.29, 1.82) is 5.26 Å². The Morgan fingerprint density at radius 2 is 2.15 bits per heavy atom.